The molecule has 2 aromatic heterocycles. The highest BCUT2D eigenvalue weighted by Crippen LogP contribution is 2.34. The number of anilines is 1. The predicted octanol–water partition coefficient (Wildman–Crippen LogP) is 6.56. The molecule has 0 atom stereocenters. The molecular formula is C25H26FN3O2S. The molecule has 0 saturated heterocycles. The van der Waals surface area contributed by atoms with Gasteiger partial charge < -0.3 is 9.32 Å². The first kappa shape index (κ1) is 22.3. The molecule has 2 heterocycles. The molecule has 0 radical (unpaired) electrons. The minimum atomic E-state index is -0.318. The van der Waals surface area contributed by atoms with Crippen molar-refractivity contribution in [3.63, 3.8) is 0 Å². The van der Waals surface area contributed by atoms with Crippen LogP contribution in [0.5, 0.6) is 0 Å². The first-order valence-corrected chi connectivity index (χ1v) is 11.6. The molecule has 4 aromatic rings. The number of fused-ring (bicyclic) bond motifs is 2. The summed E-state index contributed by atoms with van der Waals surface area (Å²) in [5, 5.41) is 0.702. The Balaban J connectivity index is 1.83. The van der Waals surface area contributed by atoms with E-state index in [1.54, 1.807) is 24.3 Å². The molecule has 4 rings (SSSR count). The Bertz CT molecular complexity index is 1300. The van der Waals surface area contributed by atoms with Gasteiger partial charge in [-0.3, -0.25) is 4.79 Å². The molecule has 0 aliphatic carbocycles. The first-order chi connectivity index (χ1) is 15.2. The Morgan fingerprint density at radius 2 is 1.84 bits per heavy atom. The molecule has 2 aromatic carbocycles. The third-order valence-corrected chi connectivity index (χ3v) is 6.58. The van der Waals surface area contributed by atoms with Gasteiger partial charge in [0.15, 0.2) is 11.6 Å². The molecule has 0 saturated carbocycles. The van der Waals surface area contributed by atoms with Gasteiger partial charge in [-0.2, -0.15) is 0 Å². The van der Waals surface area contributed by atoms with Crippen molar-refractivity contribution in [1.29, 1.82) is 0 Å². The average molecular weight is 452 g/mol. The van der Waals surface area contributed by atoms with E-state index in [9.17, 15) is 9.18 Å². The van der Waals surface area contributed by atoms with Crippen molar-refractivity contribution in [2.75, 3.05) is 17.7 Å². The molecule has 5 nitrogen and oxygen atoms in total. The molecular weight excluding hydrogens is 425 g/mol. The monoisotopic (exact) mass is 451 g/mol. The number of nitrogens with zero attached hydrogens (tertiary/aromatic N) is 3. The zero-order valence-corrected chi connectivity index (χ0v) is 19.7. The van der Waals surface area contributed by atoms with Crippen LogP contribution in [0.25, 0.3) is 33.5 Å². The van der Waals surface area contributed by atoms with Crippen molar-refractivity contribution in [2.45, 2.75) is 33.7 Å². The van der Waals surface area contributed by atoms with Gasteiger partial charge in [0.25, 0.3) is 0 Å². The number of halogens is 1. The number of rotatable bonds is 6. The third kappa shape index (κ3) is 4.48. The van der Waals surface area contributed by atoms with E-state index in [4.69, 9.17) is 14.4 Å². The normalized spacial score (nSPS) is 11.8. The molecule has 32 heavy (non-hydrogen) atoms. The zero-order valence-electron chi connectivity index (χ0n) is 18.8. The van der Waals surface area contributed by atoms with Crippen molar-refractivity contribution in [1.82, 2.24) is 9.97 Å². The van der Waals surface area contributed by atoms with Crippen molar-refractivity contribution >= 4 is 44.7 Å². The predicted molar refractivity (Wildman–Crippen MR) is 130 cm³/mol. The van der Waals surface area contributed by atoms with E-state index >= 15 is 0 Å². The second-order valence-electron chi connectivity index (χ2n) is 8.59. The highest BCUT2D eigenvalue weighted by atomic mass is 32.2. The maximum Gasteiger partial charge on any atom is 0.219 e. The smallest absolute Gasteiger partial charge is 0.219 e. The van der Waals surface area contributed by atoms with Crippen molar-refractivity contribution in [3.05, 3.63) is 53.8 Å². The van der Waals surface area contributed by atoms with E-state index in [1.807, 2.05) is 18.0 Å². The fourth-order valence-corrected chi connectivity index (χ4v) is 4.06. The highest BCUT2D eigenvalue weighted by Gasteiger charge is 2.21. The van der Waals surface area contributed by atoms with Crippen molar-refractivity contribution in [2.24, 2.45) is 5.92 Å². The van der Waals surface area contributed by atoms with E-state index in [0.717, 1.165) is 5.75 Å². The molecule has 0 amide bonds. The standard InChI is InChI=1S/C25H26FN3O2S/c1-14(2)13-32-25(30)16-6-8-19-20(11-16)28-24(29(5)15(3)4)23(27-19)22-12-17-10-18(26)7-9-21(17)31-22/h6-12,14-15H,13H2,1-5H3. The molecule has 7 heteroatoms. The second-order valence-corrected chi connectivity index (χ2v) is 9.58. The zero-order chi connectivity index (χ0) is 23.0. The van der Waals surface area contributed by atoms with Gasteiger partial charge in [-0.05, 0) is 62.2 Å². The fourth-order valence-electron chi connectivity index (χ4n) is 3.28. The van der Waals surface area contributed by atoms with Crippen LogP contribution >= 0.6 is 11.8 Å². The Hall–Kier alpha value is -2.93. The maximum absolute atomic E-state index is 13.7. The topological polar surface area (TPSA) is 59.2 Å². The SMILES string of the molecule is CC(C)CSC(=O)c1ccc2nc(-c3cc4cc(F)ccc4o3)c(N(C)C(C)C)nc2c1. The minimum absolute atomic E-state index is 0.0320. The molecule has 166 valence electrons. The minimum Gasteiger partial charge on any atom is -0.454 e. The summed E-state index contributed by atoms with van der Waals surface area (Å²) in [4.78, 5) is 24.3. The van der Waals surface area contributed by atoms with E-state index in [2.05, 4.69) is 27.7 Å². The van der Waals surface area contributed by atoms with Gasteiger partial charge in [0, 0.05) is 29.8 Å². The number of carbonyl (C=O) groups excluding carboxylic acids is 1. The summed E-state index contributed by atoms with van der Waals surface area (Å²) in [6, 6.07) is 11.8. The molecule has 0 aliphatic rings. The van der Waals surface area contributed by atoms with Gasteiger partial charge in [-0.15, -0.1) is 0 Å². The van der Waals surface area contributed by atoms with Gasteiger partial charge in [-0.1, -0.05) is 25.6 Å². The van der Waals surface area contributed by atoms with Crippen LogP contribution in [-0.4, -0.2) is 33.9 Å². The van der Waals surface area contributed by atoms with E-state index in [0.29, 0.717) is 50.8 Å². The maximum atomic E-state index is 13.7. The highest BCUT2D eigenvalue weighted by molar-refractivity contribution is 8.14. The molecule has 0 aliphatic heterocycles. The van der Waals surface area contributed by atoms with Crippen LogP contribution in [-0.2, 0) is 0 Å². The van der Waals surface area contributed by atoms with Gasteiger partial charge >= 0.3 is 0 Å². The lowest BCUT2D eigenvalue weighted by molar-refractivity contribution is 0.108. The van der Waals surface area contributed by atoms with E-state index < -0.39 is 0 Å². The Morgan fingerprint density at radius 1 is 1.06 bits per heavy atom. The summed E-state index contributed by atoms with van der Waals surface area (Å²) in [6.07, 6.45) is 0. The van der Waals surface area contributed by atoms with Crippen LogP contribution in [0.2, 0.25) is 0 Å². The Morgan fingerprint density at radius 3 is 2.56 bits per heavy atom. The summed E-state index contributed by atoms with van der Waals surface area (Å²) >= 11 is 1.32. The number of carbonyl (C=O) groups is 1. The summed E-state index contributed by atoms with van der Waals surface area (Å²) in [5.41, 5.74) is 3.10. The quantitative estimate of drug-likeness (QED) is 0.331. The van der Waals surface area contributed by atoms with E-state index in [-0.39, 0.29) is 17.0 Å². The van der Waals surface area contributed by atoms with Crippen LogP contribution in [0.15, 0.2) is 46.9 Å². The van der Waals surface area contributed by atoms with Crippen LogP contribution < -0.4 is 4.90 Å². The number of furan rings is 1. The molecule has 0 N–H and O–H groups in total. The summed E-state index contributed by atoms with van der Waals surface area (Å²) in [5.74, 6) is 2.06. The van der Waals surface area contributed by atoms with Crippen LogP contribution in [0.1, 0.15) is 38.1 Å². The largest absolute Gasteiger partial charge is 0.454 e. The number of aromatic nitrogens is 2. The molecule has 0 bridgehead atoms. The van der Waals surface area contributed by atoms with Gasteiger partial charge in [0.2, 0.25) is 5.12 Å². The number of benzene rings is 2. The lowest BCUT2D eigenvalue weighted by Gasteiger charge is -2.24. The lowest BCUT2D eigenvalue weighted by atomic mass is 10.1. The Labute approximate surface area is 191 Å². The van der Waals surface area contributed by atoms with E-state index in [1.165, 1.54) is 23.9 Å². The van der Waals surface area contributed by atoms with Crippen molar-refractivity contribution in [3.8, 4) is 11.5 Å². The van der Waals surface area contributed by atoms with Crippen LogP contribution in [0.4, 0.5) is 10.2 Å². The summed E-state index contributed by atoms with van der Waals surface area (Å²) in [6.45, 7) is 8.31. The lowest BCUT2D eigenvalue weighted by Crippen LogP contribution is -2.27. The Kier molecular flexibility index (Phi) is 6.20. The first-order valence-electron chi connectivity index (χ1n) is 10.6. The van der Waals surface area contributed by atoms with Crippen LogP contribution in [0.3, 0.4) is 0 Å². The second kappa shape index (κ2) is 8.90. The third-order valence-electron chi connectivity index (χ3n) is 5.25. The summed E-state index contributed by atoms with van der Waals surface area (Å²) in [7, 11) is 1.94. The van der Waals surface area contributed by atoms with Gasteiger partial charge in [-0.25, -0.2) is 14.4 Å². The fraction of sp³-hybridized carbons (Fsp3) is 0.320. The number of thioether (sulfide) groups is 1. The number of hydrogen-bond acceptors (Lipinski definition) is 6. The van der Waals surface area contributed by atoms with Crippen LogP contribution in [0, 0.1) is 11.7 Å². The molecule has 0 unspecified atom stereocenters. The average Bonchev–Trinajstić information content (AvgIpc) is 3.18. The molecule has 0 spiro atoms. The summed E-state index contributed by atoms with van der Waals surface area (Å²) < 4.78 is 19.7. The van der Waals surface area contributed by atoms with Crippen molar-refractivity contribution < 1.29 is 13.6 Å². The van der Waals surface area contributed by atoms with Gasteiger partial charge in [0.1, 0.15) is 17.1 Å². The van der Waals surface area contributed by atoms with Gasteiger partial charge in [0.05, 0.1) is 11.0 Å². The number of hydrogen-bond donors (Lipinski definition) is 0. The molecule has 0 fully saturated rings.